The van der Waals surface area contributed by atoms with E-state index in [9.17, 15) is 8.78 Å². The van der Waals surface area contributed by atoms with Crippen LogP contribution in [0.5, 0.6) is 0 Å². The van der Waals surface area contributed by atoms with Crippen molar-refractivity contribution < 1.29 is 8.78 Å². The van der Waals surface area contributed by atoms with Crippen molar-refractivity contribution in [1.82, 2.24) is 0 Å². The zero-order valence-electron chi connectivity index (χ0n) is 19.6. The highest BCUT2D eigenvalue weighted by Crippen LogP contribution is 2.32. The summed E-state index contributed by atoms with van der Waals surface area (Å²) in [5.41, 5.74) is 4.55. The summed E-state index contributed by atoms with van der Waals surface area (Å²) in [6.45, 7) is 4.41. The molecule has 0 aliphatic rings. The normalized spacial score (nSPS) is 11.1. The molecule has 0 saturated heterocycles. The molecule has 170 valence electrons. The molecule has 0 fully saturated rings. The maximum Gasteiger partial charge on any atom is 0.167 e. The van der Waals surface area contributed by atoms with Crippen LogP contribution in [-0.4, -0.2) is 0 Å². The minimum Gasteiger partial charge on any atom is -0.203 e. The predicted molar refractivity (Wildman–Crippen MR) is 133 cm³/mol. The molecule has 0 radical (unpaired) electrons. The highest BCUT2D eigenvalue weighted by molar-refractivity contribution is 5.72. The zero-order chi connectivity index (χ0) is 22.8. The smallest absolute Gasteiger partial charge is 0.167 e. The second kappa shape index (κ2) is 12.5. The molecule has 0 aliphatic carbocycles. The SMILES string of the molecule is CCCCCCCc1ccc(-c2ccc(-c3ccc(CCCCC)cc3)c(F)c2F)cc1. The molecular formula is C30H36F2. The van der Waals surface area contributed by atoms with Gasteiger partial charge in [-0.25, -0.2) is 8.78 Å². The molecule has 3 aromatic rings. The van der Waals surface area contributed by atoms with Crippen molar-refractivity contribution in [2.24, 2.45) is 0 Å². The Kier molecular flexibility index (Phi) is 9.46. The Labute approximate surface area is 192 Å². The summed E-state index contributed by atoms with van der Waals surface area (Å²) >= 11 is 0. The molecule has 3 aromatic carbocycles. The Bertz CT molecular complexity index is 955. The number of hydrogen-bond acceptors (Lipinski definition) is 0. The first-order valence-electron chi connectivity index (χ1n) is 12.3. The van der Waals surface area contributed by atoms with Gasteiger partial charge in [0.2, 0.25) is 0 Å². The van der Waals surface area contributed by atoms with Crippen molar-refractivity contribution in [2.45, 2.75) is 78.1 Å². The molecule has 0 atom stereocenters. The zero-order valence-corrected chi connectivity index (χ0v) is 19.6. The fourth-order valence-electron chi connectivity index (χ4n) is 4.21. The maximum atomic E-state index is 15.0. The van der Waals surface area contributed by atoms with Gasteiger partial charge in [-0.1, -0.05) is 113 Å². The van der Waals surface area contributed by atoms with Crippen LogP contribution in [0.2, 0.25) is 0 Å². The second-order valence-corrected chi connectivity index (χ2v) is 8.80. The third-order valence-corrected chi connectivity index (χ3v) is 6.25. The van der Waals surface area contributed by atoms with Gasteiger partial charge in [-0.3, -0.25) is 0 Å². The molecule has 0 aromatic heterocycles. The lowest BCUT2D eigenvalue weighted by Crippen LogP contribution is -1.95. The summed E-state index contributed by atoms with van der Waals surface area (Å²) in [7, 11) is 0. The van der Waals surface area contributed by atoms with Crippen LogP contribution < -0.4 is 0 Å². The molecule has 0 aliphatic heterocycles. The van der Waals surface area contributed by atoms with Crippen LogP contribution in [0, 0.1) is 11.6 Å². The molecule has 0 amide bonds. The van der Waals surface area contributed by atoms with Gasteiger partial charge in [0.25, 0.3) is 0 Å². The lowest BCUT2D eigenvalue weighted by atomic mass is 9.96. The molecule has 0 spiro atoms. The maximum absolute atomic E-state index is 15.0. The fourth-order valence-corrected chi connectivity index (χ4v) is 4.21. The van der Waals surface area contributed by atoms with Crippen molar-refractivity contribution in [3.8, 4) is 22.3 Å². The van der Waals surface area contributed by atoms with E-state index >= 15 is 0 Å². The van der Waals surface area contributed by atoms with E-state index in [1.165, 1.54) is 56.1 Å². The quantitative estimate of drug-likeness (QED) is 0.249. The average molecular weight is 435 g/mol. The second-order valence-electron chi connectivity index (χ2n) is 8.80. The molecular weight excluding hydrogens is 398 g/mol. The molecule has 0 unspecified atom stereocenters. The molecule has 32 heavy (non-hydrogen) atoms. The minimum absolute atomic E-state index is 0.315. The summed E-state index contributed by atoms with van der Waals surface area (Å²) in [6.07, 6.45) is 11.9. The van der Waals surface area contributed by atoms with Gasteiger partial charge in [-0.2, -0.15) is 0 Å². The van der Waals surface area contributed by atoms with Crippen LogP contribution >= 0.6 is 0 Å². The Morgan fingerprint density at radius 1 is 0.469 bits per heavy atom. The van der Waals surface area contributed by atoms with Gasteiger partial charge in [0.05, 0.1) is 0 Å². The standard InChI is InChI=1S/C30H36F2/c1-3-5-7-8-10-12-24-15-19-26(20-16-24)28-22-21-27(29(31)30(28)32)25-17-13-23(14-18-25)11-9-6-4-2/h13-22H,3-12H2,1-2H3. The third-order valence-electron chi connectivity index (χ3n) is 6.25. The Morgan fingerprint density at radius 3 is 1.28 bits per heavy atom. The summed E-state index contributed by atoms with van der Waals surface area (Å²) in [5.74, 6) is -1.55. The summed E-state index contributed by atoms with van der Waals surface area (Å²) in [4.78, 5) is 0. The van der Waals surface area contributed by atoms with E-state index < -0.39 is 11.6 Å². The van der Waals surface area contributed by atoms with E-state index in [1.807, 2.05) is 48.5 Å². The van der Waals surface area contributed by atoms with Gasteiger partial charge in [0.15, 0.2) is 11.6 Å². The average Bonchev–Trinajstić information content (AvgIpc) is 2.82. The number of halogens is 2. The van der Waals surface area contributed by atoms with E-state index in [-0.39, 0.29) is 0 Å². The van der Waals surface area contributed by atoms with Crippen molar-refractivity contribution in [3.63, 3.8) is 0 Å². The first-order valence-corrected chi connectivity index (χ1v) is 12.3. The number of rotatable bonds is 12. The molecule has 0 saturated carbocycles. The lowest BCUT2D eigenvalue weighted by molar-refractivity contribution is 0.514. The fraction of sp³-hybridized carbons (Fsp3) is 0.400. The number of unbranched alkanes of at least 4 members (excludes halogenated alkanes) is 6. The highest BCUT2D eigenvalue weighted by Gasteiger charge is 2.16. The molecule has 3 rings (SSSR count). The molecule has 0 heterocycles. The third kappa shape index (κ3) is 6.51. The summed E-state index contributed by atoms with van der Waals surface area (Å²) in [5, 5.41) is 0. The van der Waals surface area contributed by atoms with Gasteiger partial charge >= 0.3 is 0 Å². The van der Waals surface area contributed by atoms with Crippen LogP contribution in [0.25, 0.3) is 22.3 Å². The highest BCUT2D eigenvalue weighted by atomic mass is 19.2. The minimum atomic E-state index is -0.777. The Hall–Kier alpha value is -2.48. The molecule has 0 nitrogen and oxygen atoms in total. The van der Waals surface area contributed by atoms with Crippen molar-refractivity contribution >= 4 is 0 Å². The van der Waals surface area contributed by atoms with Crippen molar-refractivity contribution in [2.75, 3.05) is 0 Å². The van der Waals surface area contributed by atoms with E-state index in [0.29, 0.717) is 22.3 Å². The van der Waals surface area contributed by atoms with Crippen molar-refractivity contribution in [3.05, 3.63) is 83.4 Å². The largest absolute Gasteiger partial charge is 0.203 e. The first kappa shape index (κ1) is 24.2. The predicted octanol–water partition coefficient (Wildman–Crippen LogP) is 9.54. The number of aryl methyl sites for hydroxylation is 2. The molecule has 0 bridgehead atoms. The molecule has 0 N–H and O–H groups in total. The van der Waals surface area contributed by atoms with Crippen molar-refractivity contribution in [1.29, 1.82) is 0 Å². The van der Waals surface area contributed by atoms with Gasteiger partial charge in [0, 0.05) is 11.1 Å². The van der Waals surface area contributed by atoms with E-state index in [1.54, 1.807) is 12.1 Å². The van der Waals surface area contributed by atoms with Gasteiger partial charge in [-0.15, -0.1) is 0 Å². The number of hydrogen-bond donors (Lipinski definition) is 0. The van der Waals surface area contributed by atoms with Crippen LogP contribution in [0.1, 0.15) is 76.3 Å². The van der Waals surface area contributed by atoms with E-state index in [0.717, 1.165) is 19.3 Å². The lowest BCUT2D eigenvalue weighted by Gasteiger charge is -2.11. The summed E-state index contributed by atoms with van der Waals surface area (Å²) in [6, 6.07) is 19.1. The topological polar surface area (TPSA) is 0 Å². The van der Waals surface area contributed by atoms with Gasteiger partial charge < -0.3 is 0 Å². The molecule has 2 heteroatoms. The van der Waals surface area contributed by atoms with Gasteiger partial charge in [0.1, 0.15) is 0 Å². The first-order chi connectivity index (χ1) is 15.6. The summed E-state index contributed by atoms with van der Waals surface area (Å²) < 4.78 is 29.9. The van der Waals surface area contributed by atoms with Gasteiger partial charge in [-0.05, 0) is 47.9 Å². The van der Waals surface area contributed by atoms with E-state index in [2.05, 4.69) is 13.8 Å². The number of benzene rings is 3. The Morgan fingerprint density at radius 2 is 0.844 bits per heavy atom. The monoisotopic (exact) mass is 434 g/mol. The van der Waals surface area contributed by atoms with Crippen LogP contribution in [-0.2, 0) is 12.8 Å². The van der Waals surface area contributed by atoms with Crippen LogP contribution in [0.15, 0.2) is 60.7 Å². The van der Waals surface area contributed by atoms with Crippen LogP contribution in [0.4, 0.5) is 8.78 Å². The van der Waals surface area contributed by atoms with Crippen LogP contribution in [0.3, 0.4) is 0 Å². The Balaban J connectivity index is 1.69. The van der Waals surface area contributed by atoms with E-state index in [4.69, 9.17) is 0 Å².